The summed E-state index contributed by atoms with van der Waals surface area (Å²) in [6.07, 6.45) is 5.41. The van der Waals surface area contributed by atoms with Crippen molar-refractivity contribution in [1.82, 2.24) is 5.43 Å². The van der Waals surface area contributed by atoms with Gasteiger partial charge in [-0.3, -0.25) is 0 Å². The molecule has 0 aromatic heterocycles. The molecule has 2 aliphatic carbocycles. The van der Waals surface area contributed by atoms with Crippen LogP contribution in [0.25, 0.3) is 0 Å². The molecule has 0 radical (unpaired) electrons. The van der Waals surface area contributed by atoms with Gasteiger partial charge in [0.15, 0.2) is 0 Å². The Morgan fingerprint density at radius 1 is 1.38 bits per heavy atom. The van der Waals surface area contributed by atoms with Gasteiger partial charge in [-0.2, -0.15) is 16.9 Å². The SMILES string of the molecule is C1CC(N/N=C2\CC[C@H]3C[C@@H]23)CS1. The van der Waals surface area contributed by atoms with Crippen molar-refractivity contribution >= 4 is 17.5 Å². The molecule has 1 saturated heterocycles. The predicted octanol–water partition coefficient (Wildman–Crippen LogP) is 1.87. The lowest BCUT2D eigenvalue weighted by Gasteiger charge is -2.08. The highest BCUT2D eigenvalue weighted by Crippen LogP contribution is 2.49. The van der Waals surface area contributed by atoms with E-state index in [1.165, 1.54) is 42.9 Å². The van der Waals surface area contributed by atoms with Crippen LogP contribution in [0.15, 0.2) is 5.10 Å². The molecule has 72 valence electrons. The smallest absolute Gasteiger partial charge is 0.0538 e. The lowest BCUT2D eigenvalue weighted by atomic mass is 10.2. The summed E-state index contributed by atoms with van der Waals surface area (Å²) in [6, 6.07) is 0.662. The first-order chi connectivity index (χ1) is 6.43. The molecule has 1 N–H and O–H groups in total. The third kappa shape index (κ3) is 1.58. The van der Waals surface area contributed by atoms with Gasteiger partial charge in [-0.05, 0) is 37.4 Å². The Morgan fingerprint density at radius 3 is 3.00 bits per heavy atom. The molecule has 0 aromatic rings. The highest BCUT2D eigenvalue weighted by molar-refractivity contribution is 7.99. The Balaban J connectivity index is 1.55. The van der Waals surface area contributed by atoms with E-state index >= 15 is 0 Å². The van der Waals surface area contributed by atoms with Crippen LogP contribution in [-0.2, 0) is 0 Å². The van der Waals surface area contributed by atoms with E-state index in [1.807, 2.05) is 11.8 Å². The van der Waals surface area contributed by atoms with Crippen LogP contribution in [0.3, 0.4) is 0 Å². The van der Waals surface area contributed by atoms with E-state index in [1.54, 1.807) is 0 Å². The van der Waals surface area contributed by atoms with Crippen molar-refractivity contribution in [3.63, 3.8) is 0 Å². The summed E-state index contributed by atoms with van der Waals surface area (Å²) in [4.78, 5) is 0. The average Bonchev–Trinajstić information content (AvgIpc) is 2.64. The maximum absolute atomic E-state index is 4.58. The van der Waals surface area contributed by atoms with Crippen LogP contribution in [-0.4, -0.2) is 23.3 Å². The van der Waals surface area contributed by atoms with Crippen molar-refractivity contribution in [1.29, 1.82) is 0 Å². The second kappa shape index (κ2) is 3.19. The third-order valence-electron chi connectivity index (χ3n) is 3.44. The first kappa shape index (κ1) is 8.16. The van der Waals surface area contributed by atoms with Crippen LogP contribution in [0.5, 0.6) is 0 Å². The maximum atomic E-state index is 4.58. The van der Waals surface area contributed by atoms with Gasteiger partial charge in [0, 0.05) is 17.4 Å². The first-order valence-corrected chi connectivity index (χ1v) is 6.48. The monoisotopic (exact) mass is 196 g/mol. The number of nitrogens with zero attached hydrogens (tertiary/aromatic N) is 1. The number of thioether (sulfide) groups is 1. The summed E-state index contributed by atoms with van der Waals surface area (Å²) in [5.41, 5.74) is 4.82. The molecule has 0 aromatic carbocycles. The topological polar surface area (TPSA) is 24.4 Å². The molecule has 3 fully saturated rings. The molecular weight excluding hydrogens is 180 g/mol. The highest BCUT2D eigenvalue weighted by atomic mass is 32.2. The molecule has 0 spiro atoms. The Morgan fingerprint density at radius 2 is 2.38 bits per heavy atom. The van der Waals surface area contributed by atoms with E-state index in [4.69, 9.17) is 0 Å². The largest absolute Gasteiger partial charge is 0.306 e. The molecule has 1 heterocycles. The van der Waals surface area contributed by atoms with Gasteiger partial charge in [0.05, 0.1) is 6.04 Å². The molecule has 0 bridgehead atoms. The summed E-state index contributed by atoms with van der Waals surface area (Å²) < 4.78 is 0. The van der Waals surface area contributed by atoms with E-state index in [-0.39, 0.29) is 0 Å². The number of nitrogens with one attached hydrogen (secondary N) is 1. The van der Waals surface area contributed by atoms with E-state index < -0.39 is 0 Å². The second-order valence-electron chi connectivity index (χ2n) is 4.43. The van der Waals surface area contributed by atoms with E-state index in [0.717, 1.165) is 11.8 Å². The fourth-order valence-electron chi connectivity index (χ4n) is 2.44. The molecule has 3 atom stereocenters. The first-order valence-electron chi connectivity index (χ1n) is 5.33. The molecule has 2 nitrogen and oxygen atoms in total. The normalized spacial score (nSPS) is 45.2. The highest BCUT2D eigenvalue weighted by Gasteiger charge is 2.45. The van der Waals surface area contributed by atoms with Crippen LogP contribution in [0.4, 0.5) is 0 Å². The summed E-state index contributed by atoms with van der Waals surface area (Å²) in [7, 11) is 0. The molecule has 1 aliphatic heterocycles. The Bertz CT molecular complexity index is 233. The molecule has 13 heavy (non-hydrogen) atoms. The number of fused-ring (bicyclic) bond motifs is 1. The number of hydrazone groups is 1. The van der Waals surface area contributed by atoms with E-state index in [2.05, 4.69) is 10.5 Å². The van der Waals surface area contributed by atoms with E-state index in [9.17, 15) is 0 Å². The van der Waals surface area contributed by atoms with Gasteiger partial charge < -0.3 is 5.43 Å². The standard InChI is InChI=1S/C10H16N2S/c1-2-10(9-5-7(1)9)12-11-8-3-4-13-6-8/h7-9,11H,1-6H2/b12-10+/t7-,8?,9+/m0/s1. The van der Waals surface area contributed by atoms with Gasteiger partial charge in [0.1, 0.15) is 0 Å². The zero-order valence-corrected chi connectivity index (χ0v) is 8.65. The van der Waals surface area contributed by atoms with Crippen LogP contribution in [0.2, 0.25) is 0 Å². The number of rotatable bonds is 2. The van der Waals surface area contributed by atoms with Crippen molar-refractivity contribution in [3.05, 3.63) is 0 Å². The third-order valence-corrected chi connectivity index (χ3v) is 4.60. The van der Waals surface area contributed by atoms with Crippen molar-refractivity contribution < 1.29 is 0 Å². The molecule has 3 rings (SSSR count). The lowest BCUT2D eigenvalue weighted by Crippen LogP contribution is -2.25. The van der Waals surface area contributed by atoms with Crippen molar-refractivity contribution in [2.45, 2.75) is 31.7 Å². The van der Waals surface area contributed by atoms with Crippen LogP contribution >= 0.6 is 11.8 Å². The van der Waals surface area contributed by atoms with Gasteiger partial charge in [0.25, 0.3) is 0 Å². The number of hydrogen-bond donors (Lipinski definition) is 1. The quantitative estimate of drug-likeness (QED) is 0.682. The van der Waals surface area contributed by atoms with Crippen LogP contribution in [0.1, 0.15) is 25.7 Å². The fourth-order valence-corrected chi connectivity index (χ4v) is 3.59. The maximum Gasteiger partial charge on any atom is 0.0538 e. The van der Waals surface area contributed by atoms with Crippen LogP contribution < -0.4 is 5.43 Å². The minimum absolute atomic E-state index is 0.662. The average molecular weight is 196 g/mol. The van der Waals surface area contributed by atoms with E-state index in [0.29, 0.717) is 6.04 Å². The fraction of sp³-hybridized carbons (Fsp3) is 0.900. The van der Waals surface area contributed by atoms with Crippen molar-refractivity contribution in [3.8, 4) is 0 Å². The van der Waals surface area contributed by atoms with Crippen molar-refractivity contribution in [2.75, 3.05) is 11.5 Å². The number of hydrogen-bond acceptors (Lipinski definition) is 3. The summed E-state index contributed by atoms with van der Waals surface area (Å²) in [5.74, 6) is 4.49. The summed E-state index contributed by atoms with van der Waals surface area (Å²) in [5, 5.41) is 4.58. The Hall–Kier alpha value is -0.180. The molecular formula is C10H16N2S. The Kier molecular flexibility index (Phi) is 2.00. The molecule has 3 heteroatoms. The minimum Gasteiger partial charge on any atom is -0.306 e. The summed E-state index contributed by atoms with van der Waals surface area (Å²) in [6.45, 7) is 0. The molecule has 3 aliphatic rings. The zero-order chi connectivity index (χ0) is 8.67. The van der Waals surface area contributed by atoms with Crippen molar-refractivity contribution in [2.24, 2.45) is 16.9 Å². The van der Waals surface area contributed by atoms with Gasteiger partial charge in [0.2, 0.25) is 0 Å². The van der Waals surface area contributed by atoms with Gasteiger partial charge in [-0.1, -0.05) is 0 Å². The predicted molar refractivity (Wildman–Crippen MR) is 57.1 cm³/mol. The van der Waals surface area contributed by atoms with Gasteiger partial charge in [-0.15, -0.1) is 0 Å². The minimum atomic E-state index is 0.662. The molecule has 1 unspecified atom stereocenters. The van der Waals surface area contributed by atoms with Gasteiger partial charge >= 0.3 is 0 Å². The summed E-state index contributed by atoms with van der Waals surface area (Å²) >= 11 is 2.04. The Labute approximate surface area is 83.5 Å². The zero-order valence-electron chi connectivity index (χ0n) is 7.83. The molecule has 2 saturated carbocycles. The van der Waals surface area contributed by atoms with Gasteiger partial charge in [-0.25, -0.2) is 0 Å². The lowest BCUT2D eigenvalue weighted by molar-refractivity contribution is 0.581. The van der Waals surface area contributed by atoms with Crippen LogP contribution in [0, 0.1) is 11.8 Å². The second-order valence-corrected chi connectivity index (χ2v) is 5.58. The molecule has 0 amide bonds.